The summed E-state index contributed by atoms with van der Waals surface area (Å²) in [6.45, 7) is 5.78. The van der Waals surface area contributed by atoms with Gasteiger partial charge in [0.1, 0.15) is 11.5 Å². The van der Waals surface area contributed by atoms with Gasteiger partial charge >= 0.3 is 5.97 Å². The predicted octanol–water partition coefficient (Wildman–Crippen LogP) is 1.39. The molecule has 0 aromatic heterocycles. The van der Waals surface area contributed by atoms with Gasteiger partial charge in [0.15, 0.2) is 0 Å². The highest BCUT2D eigenvalue weighted by atomic mass is 32.2. The Balaban J connectivity index is 1.96. The first kappa shape index (κ1) is 20.0. The number of rotatable bonds is 7. The van der Waals surface area contributed by atoms with E-state index < -0.39 is 33.6 Å². The van der Waals surface area contributed by atoms with E-state index in [4.69, 9.17) is 9.84 Å². The second kappa shape index (κ2) is 7.94. The minimum Gasteiger partial charge on any atom is -0.491 e. The zero-order valence-corrected chi connectivity index (χ0v) is 15.8. The van der Waals surface area contributed by atoms with Crippen LogP contribution < -0.4 is 9.46 Å². The lowest BCUT2D eigenvalue weighted by Gasteiger charge is -2.16. The van der Waals surface area contributed by atoms with Crippen molar-refractivity contribution in [3.63, 3.8) is 0 Å². The van der Waals surface area contributed by atoms with E-state index >= 15 is 0 Å². The van der Waals surface area contributed by atoms with Gasteiger partial charge in [0.05, 0.1) is 12.0 Å². The number of hydrogen-bond donors (Lipinski definition) is 2. The van der Waals surface area contributed by atoms with E-state index in [1.165, 1.54) is 4.90 Å². The van der Waals surface area contributed by atoms with E-state index in [9.17, 15) is 18.0 Å². The third-order valence-corrected chi connectivity index (χ3v) is 5.27. The number of carboxylic acids is 1. The highest BCUT2D eigenvalue weighted by Crippen LogP contribution is 2.24. The van der Waals surface area contributed by atoms with Crippen LogP contribution in [0.1, 0.15) is 20.8 Å². The fourth-order valence-electron chi connectivity index (χ4n) is 2.84. The molecular formula is C17H24N2O6S. The average molecular weight is 384 g/mol. The summed E-state index contributed by atoms with van der Waals surface area (Å²) in [4.78, 5) is 24.7. The summed E-state index contributed by atoms with van der Waals surface area (Å²) in [7, 11) is -3.89. The van der Waals surface area contributed by atoms with E-state index in [-0.39, 0.29) is 25.1 Å². The summed E-state index contributed by atoms with van der Waals surface area (Å²) in [5.41, 5.74) is 0.326. The van der Waals surface area contributed by atoms with Gasteiger partial charge in [-0.05, 0) is 44.0 Å². The van der Waals surface area contributed by atoms with Crippen LogP contribution in [-0.4, -0.2) is 55.2 Å². The summed E-state index contributed by atoms with van der Waals surface area (Å²) in [5.74, 6) is -2.56. The summed E-state index contributed by atoms with van der Waals surface area (Å²) in [6, 6.07) is 6.38. The standard InChI is InChI=1S/C17H24N2O6S/c1-11(2)25-14-6-4-13(5-7-14)18-26(23,24)10-16(20)19-8-12(3)15(9-19)17(21)22/h4-7,11-12,15,18H,8-10H2,1-3H3,(H,21,22)/t12-,15-/m1/s1. The lowest BCUT2D eigenvalue weighted by Crippen LogP contribution is -2.36. The number of anilines is 1. The molecular weight excluding hydrogens is 360 g/mol. The van der Waals surface area contributed by atoms with Crippen molar-refractivity contribution in [1.82, 2.24) is 4.90 Å². The maximum atomic E-state index is 12.2. The van der Waals surface area contributed by atoms with Crippen LogP contribution in [-0.2, 0) is 19.6 Å². The molecule has 0 bridgehead atoms. The van der Waals surface area contributed by atoms with Crippen LogP contribution in [0.25, 0.3) is 0 Å². The number of aliphatic carboxylic acids is 1. The Kier molecular flexibility index (Phi) is 6.12. The Morgan fingerprint density at radius 3 is 2.38 bits per heavy atom. The molecule has 0 unspecified atom stereocenters. The number of amides is 1. The number of benzene rings is 1. The summed E-state index contributed by atoms with van der Waals surface area (Å²) < 4.78 is 32.3. The molecule has 0 aliphatic carbocycles. The number of ether oxygens (including phenoxy) is 1. The monoisotopic (exact) mass is 384 g/mol. The Morgan fingerprint density at radius 2 is 1.88 bits per heavy atom. The predicted molar refractivity (Wildman–Crippen MR) is 96.5 cm³/mol. The summed E-state index contributed by atoms with van der Waals surface area (Å²) in [5, 5.41) is 9.11. The van der Waals surface area contributed by atoms with Crippen molar-refractivity contribution in [2.24, 2.45) is 11.8 Å². The summed E-state index contributed by atoms with van der Waals surface area (Å²) in [6.07, 6.45) is 0.00708. The topological polar surface area (TPSA) is 113 Å². The maximum absolute atomic E-state index is 12.2. The van der Waals surface area contributed by atoms with E-state index in [1.54, 1.807) is 31.2 Å². The molecule has 26 heavy (non-hydrogen) atoms. The van der Waals surface area contributed by atoms with Gasteiger partial charge in [-0.25, -0.2) is 8.42 Å². The van der Waals surface area contributed by atoms with Gasteiger partial charge < -0.3 is 14.7 Å². The van der Waals surface area contributed by atoms with Crippen LogP contribution in [0, 0.1) is 11.8 Å². The van der Waals surface area contributed by atoms with E-state index in [2.05, 4.69) is 4.72 Å². The second-order valence-electron chi connectivity index (χ2n) is 6.77. The summed E-state index contributed by atoms with van der Waals surface area (Å²) >= 11 is 0. The molecule has 2 atom stereocenters. The third kappa shape index (κ3) is 5.35. The van der Waals surface area contributed by atoms with E-state index in [1.807, 2.05) is 13.8 Å². The molecule has 0 radical (unpaired) electrons. The number of carboxylic acid groups (broad SMARTS) is 1. The lowest BCUT2D eigenvalue weighted by molar-refractivity contribution is -0.142. The number of carbonyl (C=O) groups is 2. The number of likely N-dealkylation sites (tertiary alicyclic amines) is 1. The first-order valence-electron chi connectivity index (χ1n) is 8.35. The molecule has 1 aliphatic rings. The first-order valence-corrected chi connectivity index (χ1v) is 10.0. The van der Waals surface area contributed by atoms with Gasteiger partial charge in [0, 0.05) is 18.8 Å². The molecule has 1 fully saturated rings. The molecule has 1 aromatic carbocycles. The van der Waals surface area contributed by atoms with Crippen molar-refractivity contribution in [2.45, 2.75) is 26.9 Å². The number of sulfonamides is 1. The Labute approximate surface area is 153 Å². The minimum atomic E-state index is -3.89. The van der Waals surface area contributed by atoms with Crippen molar-refractivity contribution in [3.8, 4) is 5.75 Å². The fourth-order valence-corrected chi connectivity index (χ4v) is 3.91. The van der Waals surface area contributed by atoms with E-state index in [0.717, 1.165) is 0 Å². The molecule has 2 N–H and O–H groups in total. The smallest absolute Gasteiger partial charge is 0.308 e. The molecule has 2 rings (SSSR count). The molecule has 1 aromatic rings. The van der Waals surface area contributed by atoms with Crippen molar-refractivity contribution in [3.05, 3.63) is 24.3 Å². The third-order valence-electron chi connectivity index (χ3n) is 4.10. The number of nitrogens with one attached hydrogen (secondary N) is 1. The highest BCUT2D eigenvalue weighted by Gasteiger charge is 2.37. The molecule has 1 amide bonds. The minimum absolute atomic E-state index is 0.00708. The van der Waals surface area contributed by atoms with Crippen LogP contribution in [0.3, 0.4) is 0 Å². The quantitative estimate of drug-likeness (QED) is 0.735. The van der Waals surface area contributed by atoms with Gasteiger partial charge in [-0.3, -0.25) is 14.3 Å². The van der Waals surface area contributed by atoms with Gasteiger partial charge in [-0.15, -0.1) is 0 Å². The van der Waals surface area contributed by atoms with Gasteiger partial charge in [-0.2, -0.15) is 0 Å². The molecule has 144 valence electrons. The van der Waals surface area contributed by atoms with Crippen LogP contribution >= 0.6 is 0 Å². The lowest BCUT2D eigenvalue weighted by atomic mass is 9.99. The van der Waals surface area contributed by atoms with Gasteiger partial charge in [0.25, 0.3) is 0 Å². The molecule has 9 heteroatoms. The zero-order valence-electron chi connectivity index (χ0n) is 15.0. The molecule has 1 aliphatic heterocycles. The molecule has 8 nitrogen and oxygen atoms in total. The Hall–Kier alpha value is -2.29. The Bertz CT molecular complexity index is 760. The first-order chi connectivity index (χ1) is 12.1. The van der Waals surface area contributed by atoms with Gasteiger partial charge in [0.2, 0.25) is 15.9 Å². The molecule has 1 saturated heterocycles. The molecule has 1 heterocycles. The molecule has 0 spiro atoms. The van der Waals surface area contributed by atoms with Crippen molar-refractivity contribution in [1.29, 1.82) is 0 Å². The fraction of sp³-hybridized carbons (Fsp3) is 0.529. The normalized spacial score (nSPS) is 20.2. The second-order valence-corrected chi connectivity index (χ2v) is 8.50. The van der Waals surface area contributed by atoms with Crippen molar-refractivity contribution >= 4 is 27.6 Å². The highest BCUT2D eigenvalue weighted by molar-refractivity contribution is 7.93. The van der Waals surface area contributed by atoms with Crippen LogP contribution in [0.5, 0.6) is 5.75 Å². The average Bonchev–Trinajstić information content (AvgIpc) is 2.90. The SMILES string of the molecule is CC(C)Oc1ccc(NS(=O)(=O)CC(=O)N2C[C@@H](C)[C@H](C(=O)O)C2)cc1. The zero-order chi connectivity index (χ0) is 19.5. The van der Waals surface area contributed by atoms with Crippen LogP contribution in [0.15, 0.2) is 24.3 Å². The van der Waals surface area contributed by atoms with Crippen molar-refractivity contribution < 1.29 is 27.9 Å². The Morgan fingerprint density at radius 1 is 1.27 bits per heavy atom. The number of hydrogen-bond acceptors (Lipinski definition) is 5. The van der Waals surface area contributed by atoms with E-state index in [0.29, 0.717) is 11.4 Å². The number of nitrogens with zero attached hydrogens (tertiary/aromatic N) is 1. The van der Waals surface area contributed by atoms with Gasteiger partial charge in [-0.1, -0.05) is 6.92 Å². The number of carbonyl (C=O) groups excluding carboxylic acids is 1. The largest absolute Gasteiger partial charge is 0.491 e. The van der Waals surface area contributed by atoms with Crippen molar-refractivity contribution in [2.75, 3.05) is 23.6 Å². The van der Waals surface area contributed by atoms with Crippen LogP contribution in [0.2, 0.25) is 0 Å². The molecule has 0 saturated carbocycles. The van der Waals surface area contributed by atoms with Crippen LogP contribution in [0.4, 0.5) is 5.69 Å². The maximum Gasteiger partial charge on any atom is 0.308 e.